The molecule has 1 atom stereocenters. The predicted molar refractivity (Wildman–Crippen MR) is 71.5 cm³/mol. The quantitative estimate of drug-likeness (QED) is 0.874. The molecule has 96 valence electrons. The maximum atomic E-state index is 9.32. The molecule has 0 radical (unpaired) electrons. The van der Waals surface area contributed by atoms with E-state index in [1.807, 2.05) is 13.1 Å². The average molecular weight is 254 g/mol. The van der Waals surface area contributed by atoms with Gasteiger partial charge in [0.05, 0.1) is 11.1 Å². The van der Waals surface area contributed by atoms with Crippen LogP contribution in [-0.2, 0) is 12.8 Å². The zero-order valence-electron chi connectivity index (χ0n) is 10.6. The highest BCUT2D eigenvalue weighted by Gasteiger charge is 2.11. The molecule has 0 spiro atoms. The van der Waals surface area contributed by atoms with E-state index >= 15 is 0 Å². The molecule has 1 unspecified atom stereocenters. The van der Waals surface area contributed by atoms with Crippen molar-refractivity contribution in [2.45, 2.75) is 45.1 Å². The molecule has 2 rings (SSSR count). The molecule has 1 aliphatic rings. The number of likely N-dealkylation sites (tertiary alicyclic amines) is 1. The Morgan fingerprint density at radius 2 is 2.18 bits per heavy atom. The molecule has 1 fully saturated rings. The zero-order chi connectivity index (χ0) is 12.1. The van der Waals surface area contributed by atoms with Crippen LogP contribution in [0.25, 0.3) is 0 Å². The van der Waals surface area contributed by atoms with Crippen molar-refractivity contribution in [3.8, 4) is 0 Å². The van der Waals surface area contributed by atoms with E-state index in [0.29, 0.717) is 0 Å². The highest BCUT2D eigenvalue weighted by molar-refractivity contribution is 7.11. The van der Waals surface area contributed by atoms with Gasteiger partial charge < -0.3 is 10.0 Å². The van der Waals surface area contributed by atoms with E-state index in [9.17, 15) is 5.11 Å². The van der Waals surface area contributed by atoms with Crippen LogP contribution in [0.3, 0.4) is 0 Å². The minimum Gasteiger partial charge on any atom is -0.393 e. The molecule has 1 aromatic heterocycles. The SMILES string of the molecule is CC(O)Cc1cnc(CCN2CCCCC2)s1. The van der Waals surface area contributed by atoms with Gasteiger partial charge in [0.15, 0.2) is 0 Å². The monoisotopic (exact) mass is 254 g/mol. The van der Waals surface area contributed by atoms with Gasteiger partial charge in [-0.2, -0.15) is 0 Å². The fraction of sp³-hybridized carbons (Fsp3) is 0.769. The Morgan fingerprint density at radius 3 is 2.88 bits per heavy atom. The average Bonchev–Trinajstić information content (AvgIpc) is 2.75. The largest absolute Gasteiger partial charge is 0.393 e. The van der Waals surface area contributed by atoms with Crippen LogP contribution in [-0.4, -0.2) is 40.7 Å². The third-order valence-corrected chi connectivity index (χ3v) is 4.27. The molecule has 1 aromatic rings. The molecule has 0 bridgehead atoms. The Morgan fingerprint density at radius 1 is 1.41 bits per heavy atom. The second-order valence-electron chi connectivity index (χ2n) is 4.93. The Labute approximate surface area is 107 Å². The van der Waals surface area contributed by atoms with Crippen LogP contribution in [0.15, 0.2) is 6.20 Å². The standard InChI is InChI=1S/C13H22N2OS/c1-11(16)9-12-10-14-13(17-12)5-8-15-6-3-2-4-7-15/h10-11,16H,2-9H2,1H3. The number of piperidine rings is 1. The number of rotatable bonds is 5. The van der Waals surface area contributed by atoms with Gasteiger partial charge in [-0.15, -0.1) is 11.3 Å². The van der Waals surface area contributed by atoms with Crippen LogP contribution in [0.4, 0.5) is 0 Å². The molecular weight excluding hydrogens is 232 g/mol. The second-order valence-corrected chi connectivity index (χ2v) is 6.13. The second kappa shape index (κ2) is 6.47. The van der Waals surface area contributed by atoms with Gasteiger partial charge in [0, 0.05) is 30.5 Å². The van der Waals surface area contributed by atoms with Crippen LogP contribution in [0.5, 0.6) is 0 Å². The topological polar surface area (TPSA) is 36.4 Å². The summed E-state index contributed by atoms with van der Waals surface area (Å²) in [6, 6.07) is 0. The van der Waals surface area contributed by atoms with E-state index in [4.69, 9.17) is 0 Å². The van der Waals surface area contributed by atoms with Crippen molar-refractivity contribution in [2.24, 2.45) is 0 Å². The summed E-state index contributed by atoms with van der Waals surface area (Å²) in [4.78, 5) is 8.18. The van der Waals surface area contributed by atoms with Gasteiger partial charge in [0.2, 0.25) is 0 Å². The molecule has 1 aliphatic heterocycles. The lowest BCUT2D eigenvalue weighted by atomic mass is 10.1. The first-order valence-corrected chi connectivity index (χ1v) is 7.39. The molecule has 0 amide bonds. The van der Waals surface area contributed by atoms with E-state index in [1.54, 1.807) is 11.3 Å². The maximum Gasteiger partial charge on any atom is 0.0940 e. The van der Waals surface area contributed by atoms with Crippen molar-refractivity contribution in [3.63, 3.8) is 0 Å². The number of thiazole rings is 1. The summed E-state index contributed by atoms with van der Waals surface area (Å²) in [5, 5.41) is 10.5. The summed E-state index contributed by atoms with van der Waals surface area (Å²) in [7, 11) is 0. The van der Waals surface area contributed by atoms with Crippen LogP contribution in [0.2, 0.25) is 0 Å². The zero-order valence-corrected chi connectivity index (χ0v) is 11.4. The first-order valence-electron chi connectivity index (χ1n) is 6.58. The van der Waals surface area contributed by atoms with E-state index in [0.717, 1.165) is 19.4 Å². The first kappa shape index (κ1) is 13.0. The summed E-state index contributed by atoms with van der Waals surface area (Å²) in [6.07, 6.45) is 7.56. The Hall–Kier alpha value is -0.450. The summed E-state index contributed by atoms with van der Waals surface area (Å²) < 4.78 is 0. The Balaban J connectivity index is 1.76. The first-order chi connectivity index (χ1) is 8.24. The molecule has 0 aliphatic carbocycles. The molecule has 3 nitrogen and oxygen atoms in total. The molecule has 0 saturated carbocycles. The number of aromatic nitrogens is 1. The van der Waals surface area contributed by atoms with Gasteiger partial charge >= 0.3 is 0 Å². The number of hydrogen-bond donors (Lipinski definition) is 1. The van der Waals surface area contributed by atoms with E-state index < -0.39 is 0 Å². The third-order valence-electron chi connectivity index (χ3n) is 3.19. The van der Waals surface area contributed by atoms with Gasteiger partial charge in [-0.1, -0.05) is 6.42 Å². The van der Waals surface area contributed by atoms with Crippen LogP contribution in [0, 0.1) is 0 Å². The van der Waals surface area contributed by atoms with Crippen LogP contribution >= 0.6 is 11.3 Å². The fourth-order valence-corrected chi connectivity index (χ4v) is 3.32. The third kappa shape index (κ3) is 4.37. The Kier molecular flexibility index (Phi) is 4.95. The highest BCUT2D eigenvalue weighted by Crippen LogP contribution is 2.16. The minimum atomic E-state index is -0.259. The van der Waals surface area contributed by atoms with Crippen molar-refractivity contribution in [2.75, 3.05) is 19.6 Å². The van der Waals surface area contributed by atoms with Crippen molar-refractivity contribution in [1.29, 1.82) is 0 Å². The van der Waals surface area contributed by atoms with Gasteiger partial charge in [0.25, 0.3) is 0 Å². The number of nitrogens with zero attached hydrogens (tertiary/aromatic N) is 2. The molecular formula is C13H22N2OS. The molecule has 1 saturated heterocycles. The summed E-state index contributed by atoms with van der Waals surface area (Å²) in [5.41, 5.74) is 0. The molecule has 4 heteroatoms. The van der Waals surface area contributed by atoms with Crippen molar-refractivity contribution in [3.05, 3.63) is 16.1 Å². The molecule has 1 N–H and O–H groups in total. The lowest BCUT2D eigenvalue weighted by molar-refractivity contribution is 0.196. The van der Waals surface area contributed by atoms with Gasteiger partial charge in [-0.05, 0) is 32.9 Å². The molecule has 17 heavy (non-hydrogen) atoms. The van der Waals surface area contributed by atoms with Gasteiger partial charge in [-0.3, -0.25) is 0 Å². The van der Waals surface area contributed by atoms with Crippen molar-refractivity contribution in [1.82, 2.24) is 9.88 Å². The predicted octanol–water partition coefficient (Wildman–Crippen LogP) is 2.09. The van der Waals surface area contributed by atoms with Crippen LogP contribution < -0.4 is 0 Å². The minimum absolute atomic E-state index is 0.259. The molecule has 0 aromatic carbocycles. The normalized spacial score (nSPS) is 19.4. The van der Waals surface area contributed by atoms with Crippen LogP contribution in [0.1, 0.15) is 36.1 Å². The van der Waals surface area contributed by atoms with Gasteiger partial charge in [-0.25, -0.2) is 4.98 Å². The number of hydrogen-bond acceptors (Lipinski definition) is 4. The fourth-order valence-electron chi connectivity index (χ4n) is 2.29. The van der Waals surface area contributed by atoms with Crippen molar-refractivity contribution >= 4 is 11.3 Å². The lowest BCUT2D eigenvalue weighted by Crippen LogP contribution is -2.31. The Bertz CT molecular complexity index is 332. The maximum absolute atomic E-state index is 9.32. The van der Waals surface area contributed by atoms with Gasteiger partial charge in [0.1, 0.15) is 0 Å². The van der Waals surface area contributed by atoms with E-state index in [-0.39, 0.29) is 6.10 Å². The summed E-state index contributed by atoms with van der Waals surface area (Å²) in [6.45, 7) is 5.48. The smallest absolute Gasteiger partial charge is 0.0940 e. The summed E-state index contributed by atoms with van der Waals surface area (Å²) >= 11 is 1.75. The van der Waals surface area contributed by atoms with Crippen molar-refractivity contribution < 1.29 is 5.11 Å². The van der Waals surface area contributed by atoms with E-state index in [2.05, 4.69) is 9.88 Å². The van der Waals surface area contributed by atoms with E-state index in [1.165, 1.54) is 42.2 Å². The number of aliphatic hydroxyl groups is 1. The molecule has 2 heterocycles. The lowest BCUT2D eigenvalue weighted by Gasteiger charge is -2.25. The highest BCUT2D eigenvalue weighted by atomic mass is 32.1. The summed E-state index contributed by atoms with van der Waals surface area (Å²) in [5.74, 6) is 0. The number of aliphatic hydroxyl groups excluding tert-OH is 1.